The molecule has 5 nitrogen and oxygen atoms in total. The first-order valence-electron chi connectivity index (χ1n) is 8.68. The molecule has 25 heavy (non-hydrogen) atoms. The number of carbonyl (C=O) groups is 1. The first kappa shape index (κ1) is 15.7. The number of likely N-dealkylation sites (tertiary alicyclic amines) is 1. The van der Waals surface area contributed by atoms with Gasteiger partial charge < -0.3 is 14.2 Å². The second-order valence-corrected chi connectivity index (χ2v) is 6.35. The van der Waals surface area contributed by atoms with Crippen molar-refractivity contribution in [1.82, 2.24) is 14.5 Å². The summed E-state index contributed by atoms with van der Waals surface area (Å²) in [5, 5.41) is 0. The van der Waals surface area contributed by atoms with Gasteiger partial charge in [-0.3, -0.25) is 4.79 Å². The molecular weight excluding hydrogens is 314 g/mol. The number of rotatable bonds is 4. The molecule has 0 atom stereocenters. The van der Waals surface area contributed by atoms with Crippen LogP contribution in [0.15, 0.2) is 60.9 Å². The summed E-state index contributed by atoms with van der Waals surface area (Å²) in [5.41, 5.74) is 2.19. The van der Waals surface area contributed by atoms with Gasteiger partial charge in [-0.25, -0.2) is 4.98 Å². The summed E-state index contributed by atoms with van der Waals surface area (Å²) in [4.78, 5) is 18.7. The number of fused-ring (bicyclic) bond motifs is 1. The van der Waals surface area contributed by atoms with E-state index in [4.69, 9.17) is 4.74 Å². The normalized spacial score (nSPS) is 15.4. The van der Waals surface area contributed by atoms with Crippen molar-refractivity contribution in [1.29, 1.82) is 0 Å². The summed E-state index contributed by atoms with van der Waals surface area (Å²) in [7, 11) is 0. The van der Waals surface area contributed by atoms with Crippen LogP contribution in [0.4, 0.5) is 0 Å². The highest BCUT2D eigenvalue weighted by Crippen LogP contribution is 2.26. The lowest BCUT2D eigenvalue weighted by molar-refractivity contribution is -0.134. The number of aromatic nitrogens is 2. The van der Waals surface area contributed by atoms with E-state index in [2.05, 4.69) is 15.6 Å². The summed E-state index contributed by atoms with van der Waals surface area (Å²) >= 11 is 0. The van der Waals surface area contributed by atoms with Gasteiger partial charge in [0.1, 0.15) is 5.75 Å². The zero-order valence-corrected chi connectivity index (χ0v) is 14.0. The fourth-order valence-corrected chi connectivity index (χ4v) is 3.42. The number of hydrogen-bond acceptors (Lipinski definition) is 3. The molecule has 2 aromatic carbocycles. The van der Waals surface area contributed by atoms with E-state index >= 15 is 0 Å². The van der Waals surface area contributed by atoms with Gasteiger partial charge in [-0.2, -0.15) is 0 Å². The number of ether oxygens (including phenoxy) is 1. The molecule has 0 bridgehead atoms. The number of piperidine rings is 1. The van der Waals surface area contributed by atoms with Crippen LogP contribution in [0.25, 0.3) is 11.0 Å². The molecule has 1 amide bonds. The molecule has 2 heterocycles. The number of hydrogen-bond donors (Lipinski definition) is 0. The number of amides is 1. The summed E-state index contributed by atoms with van der Waals surface area (Å²) in [5.74, 6) is 0.786. The summed E-state index contributed by atoms with van der Waals surface area (Å²) in [6, 6.07) is 18.0. The van der Waals surface area contributed by atoms with Crippen molar-refractivity contribution in [2.24, 2.45) is 0 Å². The minimum Gasteiger partial charge on any atom is -0.484 e. The molecule has 0 unspecified atom stereocenters. The molecular formula is C20H21N3O2. The second kappa shape index (κ2) is 6.97. The quantitative estimate of drug-likeness (QED) is 0.735. The van der Waals surface area contributed by atoms with E-state index in [-0.39, 0.29) is 12.5 Å². The molecule has 0 aliphatic carbocycles. The molecule has 1 saturated heterocycles. The monoisotopic (exact) mass is 335 g/mol. The fourth-order valence-electron chi connectivity index (χ4n) is 3.42. The minimum atomic E-state index is 0.0535. The predicted molar refractivity (Wildman–Crippen MR) is 96.5 cm³/mol. The molecule has 1 aliphatic heterocycles. The van der Waals surface area contributed by atoms with Crippen molar-refractivity contribution in [2.45, 2.75) is 18.9 Å². The number of carbonyl (C=O) groups excluding carboxylic acids is 1. The van der Waals surface area contributed by atoms with Crippen LogP contribution in [0.3, 0.4) is 0 Å². The van der Waals surface area contributed by atoms with E-state index < -0.39 is 0 Å². The van der Waals surface area contributed by atoms with Crippen molar-refractivity contribution < 1.29 is 9.53 Å². The zero-order chi connectivity index (χ0) is 17.1. The average Bonchev–Trinajstić information content (AvgIpc) is 3.11. The second-order valence-electron chi connectivity index (χ2n) is 6.35. The molecule has 1 fully saturated rings. The first-order valence-corrected chi connectivity index (χ1v) is 8.68. The Kier molecular flexibility index (Phi) is 4.37. The molecule has 0 N–H and O–H groups in total. The van der Waals surface area contributed by atoms with Gasteiger partial charge in [0, 0.05) is 19.1 Å². The van der Waals surface area contributed by atoms with Crippen LogP contribution in [-0.2, 0) is 4.79 Å². The van der Waals surface area contributed by atoms with Gasteiger partial charge in [0.25, 0.3) is 5.91 Å². The average molecular weight is 335 g/mol. The van der Waals surface area contributed by atoms with Crippen LogP contribution in [-0.4, -0.2) is 40.1 Å². The molecule has 1 aromatic heterocycles. The van der Waals surface area contributed by atoms with Crippen molar-refractivity contribution in [3.05, 3.63) is 60.9 Å². The molecule has 5 heteroatoms. The Bertz CT molecular complexity index is 852. The van der Waals surface area contributed by atoms with E-state index in [1.807, 2.05) is 59.8 Å². The van der Waals surface area contributed by atoms with E-state index in [9.17, 15) is 4.79 Å². The van der Waals surface area contributed by atoms with E-state index in [1.165, 1.54) is 5.52 Å². The van der Waals surface area contributed by atoms with Crippen LogP contribution in [0.2, 0.25) is 0 Å². The summed E-state index contributed by atoms with van der Waals surface area (Å²) in [6.45, 7) is 1.62. The summed E-state index contributed by atoms with van der Waals surface area (Å²) < 4.78 is 7.82. The Morgan fingerprint density at radius 1 is 1.04 bits per heavy atom. The maximum absolute atomic E-state index is 12.4. The van der Waals surface area contributed by atoms with Gasteiger partial charge in [0.2, 0.25) is 0 Å². The molecule has 4 rings (SSSR count). The molecule has 128 valence electrons. The highest BCUT2D eigenvalue weighted by Gasteiger charge is 2.24. The van der Waals surface area contributed by atoms with Gasteiger partial charge in [-0.05, 0) is 37.1 Å². The molecule has 0 radical (unpaired) electrons. The third-order valence-corrected chi connectivity index (χ3v) is 4.80. The van der Waals surface area contributed by atoms with E-state index in [0.29, 0.717) is 6.04 Å². The molecule has 0 saturated carbocycles. The lowest BCUT2D eigenvalue weighted by Crippen LogP contribution is -2.41. The SMILES string of the molecule is O=C(COc1ccccc1)N1CCC(n2cnc3ccccc32)CC1. The smallest absolute Gasteiger partial charge is 0.260 e. The van der Waals surface area contributed by atoms with E-state index in [0.717, 1.165) is 37.2 Å². The van der Waals surface area contributed by atoms with Crippen LogP contribution in [0.1, 0.15) is 18.9 Å². The first-order chi connectivity index (χ1) is 12.3. The van der Waals surface area contributed by atoms with Gasteiger partial charge in [-0.15, -0.1) is 0 Å². The van der Waals surface area contributed by atoms with Crippen LogP contribution < -0.4 is 4.74 Å². The Labute approximate surface area is 146 Å². The van der Waals surface area contributed by atoms with Gasteiger partial charge in [-0.1, -0.05) is 30.3 Å². The predicted octanol–water partition coefficient (Wildman–Crippen LogP) is 3.28. The number of nitrogens with zero attached hydrogens (tertiary/aromatic N) is 3. The number of benzene rings is 2. The lowest BCUT2D eigenvalue weighted by Gasteiger charge is -2.32. The third-order valence-electron chi connectivity index (χ3n) is 4.80. The maximum atomic E-state index is 12.4. The van der Waals surface area contributed by atoms with E-state index in [1.54, 1.807) is 0 Å². The van der Waals surface area contributed by atoms with Crippen LogP contribution in [0, 0.1) is 0 Å². The molecule has 3 aromatic rings. The van der Waals surface area contributed by atoms with Crippen LogP contribution in [0.5, 0.6) is 5.75 Å². The minimum absolute atomic E-state index is 0.0535. The maximum Gasteiger partial charge on any atom is 0.260 e. The van der Waals surface area contributed by atoms with Gasteiger partial charge in [0.15, 0.2) is 6.61 Å². The summed E-state index contributed by atoms with van der Waals surface area (Å²) in [6.07, 6.45) is 3.81. The topological polar surface area (TPSA) is 47.4 Å². The lowest BCUT2D eigenvalue weighted by atomic mass is 10.0. The Balaban J connectivity index is 1.34. The van der Waals surface area contributed by atoms with Crippen molar-refractivity contribution in [3.63, 3.8) is 0 Å². The largest absolute Gasteiger partial charge is 0.484 e. The molecule has 0 spiro atoms. The van der Waals surface area contributed by atoms with Gasteiger partial charge in [0.05, 0.1) is 17.4 Å². The highest BCUT2D eigenvalue weighted by atomic mass is 16.5. The number of imidazole rings is 1. The Morgan fingerprint density at radius 3 is 2.56 bits per heavy atom. The van der Waals surface area contributed by atoms with Crippen molar-refractivity contribution in [2.75, 3.05) is 19.7 Å². The standard InChI is InChI=1S/C20H21N3O2/c24-20(14-25-17-6-2-1-3-7-17)22-12-10-16(11-13-22)23-15-21-18-8-4-5-9-19(18)23/h1-9,15-16H,10-14H2. The zero-order valence-electron chi connectivity index (χ0n) is 14.0. The molecule has 1 aliphatic rings. The van der Waals surface area contributed by atoms with Crippen LogP contribution >= 0.6 is 0 Å². The Morgan fingerprint density at radius 2 is 1.76 bits per heavy atom. The Hall–Kier alpha value is -2.82. The number of para-hydroxylation sites is 3. The van der Waals surface area contributed by atoms with Gasteiger partial charge >= 0.3 is 0 Å². The van der Waals surface area contributed by atoms with Crippen molar-refractivity contribution in [3.8, 4) is 5.75 Å². The highest BCUT2D eigenvalue weighted by molar-refractivity contribution is 5.78. The fraction of sp³-hybridized carbons (Fsp3) is 0.300. The van der Waals surface area contributed by atoms with Crippen molar-refractivity contribution >= 4 is 16.9 Å². The third kappa shape index (κ3) is 3.36.